The second-order valence-electron chi connectivity index (χ2n) is 15.4. The molecule has 0 bridgehead atoms. The van der Waals surface area contributed by atoms with Crippen LogP contribution in [0.3, 0.4) is 0 Å². The average molecular weight is 704 g/mol. The Kier molecular flexibility index (Phi) is 10.4. The van der Waals surface area contributed by atoms with Crippen LogP contribution in [-0.4, -0.2) is 25.7 Å². The molecule has 1 atom stereocenters. The molecule has 272 valence electrons. The zero-order valence-electron chi connectivity index (χ0n) is 31.5. The van der Waals surface area contributed by atoms with Crippen LogP contribution in [0.2, 0.25) is 0 Å². The summed E-state index contributed by atoms with van der Waals surface area (Å²) >= 11 is 0. The van der Waals surface area contributed by atoms with Gasteiger partial charge in [0.05, 0.1) is 12.2 Å². The first-order valence-corrected chi connectivity index (χ1v) is 20.2. The summed E-state index contributed by atoms with van der Waals surface area (Å²) in [5, 5.41) is 1.93. The van der Waals surface area contributed by atoms with Crippen LogP contribution >= 0.6 is 0 Å². The van der Waals surface area contributed by atoms with E-state index < -0.39 is 5.60 Å². The Morgan fingerprint density at radius 3 is 2.23 bits per heavy atom. The van der Waals surface area contributed by atoms with Crippen molar-refractivity contribution in [2.45, 2.75) is 89.6 Å². The highest BCUT2D eigenvalue weighted by Crippen LogP contribution is 2.47. The van der Waals surface area contributed by atoms with E-state index in [-0.39, 0.29) is 5.97 Å². The standard InChI is InChI=1S/C49H53NO3/c1-3-5-7-12-35-15-17-36(18-16-35)37-19-21-38(22-20-37)39-23-28-44-40(33-39)34-46(48(51)52-4-2)45-29-30-49(53-47(44)45,41-13-8-6-9-14-41)42-24-26-43(27-25-42)50-31-10-11-32-50/h6,8-9,13-14,19-30,33-36H,3-5,7,10-12,15-18,31-32H2,1-2H3. The molecule has 1 saturated carbocycles. The highest BCUT2D eigenvalue weighted by atomic mass is 16.5. The number of fused-ring (bicyclic) bond motifs is 3. The van der Waals surface area contributed by atoms with E-state index in [9.17, 15) is 4.79 Å². The van der Waals surface area contributed by atoms with E-state index in [4.69, 9.17) is 9.47 Å². The second kappa shape index (κ2) is 15.6. The molecule has 0 radical (unpaired) electrons. The molecule has 3 aliphatic rings. The lowest BCUT2D eigenvalue weighted by Gasteiger charge is -2.37. The van der Waals surface area contributed by atoms with E-state index >= 15 is 0 Å². The van der Waals surface area contributed by atoms with Crippen LogP contribution < -0.4 is 9.64 Å². The number of anilines is 1. The minimum absolute atomic E-state index is 0.306. The van der Waals surface area contributed by atoms with Crippen LogP contribution in [0.5, 0.6) is 5.75 Å². The van der Waals surface area contributed by atoms with Crippen molar-refractivity contribution in [3.8, 4) is 16.9 Å². The third kappa shape index (κ3) is 7.13. The number of hydrogen-bond acceptors (Lipinski definition) is 4. The van der Waals surface area contributed by atoms with E-state index in [2.05, 4.69) is 115 Å². The molecule has 4 nitrogen and oxygen atoms in total. The van der Waals surface area contributed by atoms with Crippen LogP contribution in [0, 0.1) is 5.92 Å². The highest BCUT2D eigenvalue weighted by Gasteiger charge is 2.39. The summed E-state index contributed by atoms with van der Waals surface area (Å²) in [6.07, 6.45) is 17.4. The van der Waals surface area contributed by atoms with Crippen molar-refractivity contribution in [1.29, 1.82) is 0 Å². The normalized spacial score (nSPS) is 21.0. The quantitative estimate of drug-likeness (QED) is 0.101. The third-order valence-electron chi connectivity index (χ3n) is 12.1. The molecule has 0 N–H and O–H groups in total. The number of carbonyl (C=O) groups is 1. The van der Waals surface area contributed by atoms with Crippen LogP contribution in [0.4, 0.5) is 5.69 Å². The summed E-state index contributed by atoms with van der Waals surface area (Å²) in [6.45, 7) is 6.65. The minimum Gasteiger partial charge on any atom is -0.472 e. The van der Waals surface area contributed by atoms with Gasteiger partial charge in [0.2, 0.25) is 0 Å². The van der Waals surface area contributed by atoms with Crippen molar-refractivity contribution in [2.75, 3.05) is 24.6 Å². The Labute approximate surface area is 315 Å². The average Bonchev–Trinajstić information content (AvgIpc) is 3.77. The largest absolute Gasteiger partial charge is 0.472 e. The van der Waals surface area contributed by atoms with Crippen LogP contribution in [0.25, 0.3) is 28.0 Å². The number of esters is 1. The Bertz CT molecular complexity index is 2050. The maximum Gasteiger partial charge on any atom is 0.338 e. The van der Waals surface area contributed by atoms with Gasteiger partial charge in [0.15, 0.2) is 5.60 Å². The first-order valence-electron chi connectivity index (χ1n) is 20.2. The van der Waals surface area contributed by atoms with Gasteiger partial charge in [-0.2, -0.15) is 0 Å². The number of unbranched alkanes of at least 4 members (excludes halogenated alkanes) is 2. The zero-order chi connectivity index (χ0) is 36.2. The van der Waals surface area contributed by atoms with Gasteiger partial charge in [-0.1, -0.05) is 111 Å². The van der Waals surface area contributed by atoms with Gasteiger partial charge in [0.1, 0.15) is 5.75 Å². The molecule has 2 aliphatic heterocycles. The van der Waals surface area contributed by atoms with Crippen molar-refractivity contribution >= 4 is 28.5 Å². The molecule has 8 rings (SSSR count). The lowest BCUT2D eigenvalue weighted by atomic mass is 9.77. The molecule has 1 unspecified atom stereocenters. The summed E-state index contributed by atoms with van der Waals surface area (Å²) in [5.74, 6) is 1.94. The van der Waals surface area contributed by atoms with Gasteiger partial charge >= 0.3 is 5.97 Å². The summed E-state index contributed by atoms with van der Waals surface area (Å²) in [5.41, 5.74) is 7.50. The SMILES string of the molecule is CCCCCC1CCC(c2ccc(-c3ccc4c5c(c(C(=O)OCC)cc4c3)C=CC(c3ccccc3)(c3ccc(N4CCCC4)cc3)O5)cc2)CC1. The van der Waals surface area contributed by atoms with Crippen LogP contribution in [0.15, 0.2) is 109 Å². The van der Waals surface area contributed by atoms with Crippen LogP contribution in [-0.2, 0) is 10.3 Å². The number of hydrogen-bond donors (Lipinski definition) is 0. The maximum absolute atomic E-state index is 13.5. The molecule has 0 amide bonds. The molecular weight excluding hydrogens is 651 g/mol. The number of nitrogens with zero attached hydrogens (tertiary/aromatic N) is 1. The molecule has 1 aliphatic carbocycles. The Morgan fingerprint density at radius 1 is 0.792 bits per heavy atom. The van der Waals surface area contributed by atoms with E-state index in [1.54, 1.807) is 0 Å². The van der Waals surface area contributed by atoms with Gasteiger partial charge in [-0.3, -0.25) is 0 Å². The van der Waals surface area contributed by atoms with Crippen molar-refractivity contribution in [2.24, 2.45) is 5.92 Å². The number of rotatable bonds is 11. The fraction of sp³-hybridized carbons (Fsp3) is 0.367. The summed E-state index contributed by atoms with van der Waals surface area (Å²) < 4.78 is 12.9. The van der Waals surface area contributed by atoms with Gasteiger partial charge < -0.3 is 14.4 Å². The van der Waals surface area contributed by atoms with Crippen LogP contribution in [0.1, 0.15) is 117 Å². The molecule has 0 spiro atoms. The summed E-state index contributed by atoms with van der Waals surface area (Å²) in [4.78, 5) is 16.0. The molecule has 4 heteroatoms. The summed E-state index contributed by atoms with van der Waals surface area (Å²) in [7, 11) is 0. The molecule has 1 saturated heterocycles. The van der Waals surface area contributed by atoms with Gasteiger partial charge in [0, 0.05) is 40.9 Å². The van der Waals surface area contributed by atoms with Crippen molar-refractivity contribution in [1.82, 2.24) is 0 Å². The topological polar surface area (TPSA) is 38.8 Å². The van der Waals surface area contributed by atoms with E-state index in [0.29, 0.717) is 23.8 Å². The third-order valence-corrected chi connectivity index (χ3v) is 12.1. The Morgan fingerprint density at radius 2 is 1.51 bits per heavy atom. The number of ether oxygens (including phenoxy) is 2. The number of carbonyl (C=O) groups excluding carboxylic acids is 1. The number of benzene rings is 5. The molecule has 2 heterocycles. The van der Waals surface area contributed by atoms with Gasteiger partial charge in [0.25, 0.3) is 0 Å². The fourth-order valence-electron chi connectivity index (χ4n) is 9.09. The molecular formula is C49H53NO3. The zero-order valence-corrected chi connectivity index (χ0v) is 31.5. The van der Waals surface area contributed by atoms with Crippen molar-refractivity contribution in [3.05, 3.63) is 137 Å². The molecule has 53 heavy (non-hydrogen) atoms. The van der Waals surface area contributed by atoms with Crippen molar-refractivity contribution in [3.63, 3.8) is 0 Å². The predicted molar refractivity (Wildman–Crippen MR) is 219 cm³/mol. The predicted octanol–water partition coefficient (Wildman–Crippen LogP) is 12.5. The smallest absolute Gasteiger partial charge is 0.338 e. The Hall–Kier alpha value is -4.83. The Balaban J connectivity index is 1.13. The molecule has 5 aromatic carbocycles. The lowest BCUT2D eigenvalue weighted by molar-refractivity contribution is 0.0524. The lowest BCUT2D eigenvalue weighted by Crippen LogP contribution is -2.34. The minimum atomic E-state index is -0.874. The molecule has 5 aromatic rings. The fourth-order valence-corrected chi connectivity index (χ4v) is 9.09. The maximum atomic E-state index is 13.5. The van der Waals surface area contributed by atoms with E-state index in [1.807, 2.05) is 19.1 Å². The summed E-state index contributed by atoms with van der Waals surface area (Å²) in [6, 6.07) is 37.1. The van der Waals surface area contributed by atoms with Crippen molar-refractivity contribution < 1.29 is 14.3 Å². The first kappa shape index (κ1) is 35.2. The van der Waals surface area contributed by atoms with E-state index in [0.717, 1.165) is 52.0 Å². The highest BCUT2D eigenvalue weighted by molar-refractivity contribution is 6.05. The molecule has 2 fully saturated rings. The van der Waals surface area contributed by atoms with Gasteiger partial charge in [-0.15, -0.1) is 0 Å². The van der Waals surface area contributed by atoms with Gasteiger partial charge in [-0.25, -0.2) is 4.79 Å². The van der Waals surface area contributed by atoms with E-state index in [1.165, 1.54) is 81.0 Å². The monoisotopic (exact) mass is 703 g/mol. The molecule has 0 aromatic heterocycles. The second-order valence-corrected chi connectivity index (χ2v) is 15.4. The van der Waals surface area contributed by atoms with Gasteiger partial charge in [-0.05, 0) is 116 Å². The first-order chi connectivity index (χ1) is 26.1.